The number of benzene rings is 1. The maximum absolute atomic E-state index is 14.9. The summed E-state index contributed by atoms with van der Waals surface area (Å²) in [5.41, 5.74) is 5.89. The van der Waals surface area contributed by atoms with Crippen molar-refractivity contribution in [1.29, 1.82) is 0 Å². The SMILES string of the molecule is CCCCCC(=O)N[C@@H](CSC1=C(SC[C@H](NC(=O)[C@H](Cc2ccccc2)NC(=O)[C@H](CCC(N)=O)NC(=O)C[C@@H](C)O)C(=O)O)C(=O)N(CCCOCCOCCOCCCNC(=O)CN2CCN(CC(=O)O)CCN(CC(=O)O)CCN(CC(=O)O)CC2)C1=O)C(=O)N1CCC[C@H]1C(=O)N1CCC[C@H]1C(=O)NC. The monoisotopic (exact) mass is 1590 g/mol. The summed E-state index contributed by atoms with van der Waals surface area (Å²) in [4.78, 5) is 209. The lowest BCUT2D eigenvalue weighted by molar-refractivity contribution is -0.147. The van der Waals surface area contributed by atoms with Crippen molar-refractivity contribution < 1.29 is 112 Å². The third-order valence-electron chi connectivity index (χ3n) is 18.3. The number of carbonyl (C=O) groups is 15. The molecule has 3 fully saturated rings. The Morgan fingerprint density at radius 2 is 1.05 bits per heavy atom. The summed E-state index contributed by atoms with van der Waals surface area (Å²) in [6.07, 6.45) is 1.87. The highest BCUT2D eigenvalue weighted by Crippen LogP contribution is 2.38. The second-order valence-corrected chi connectivity index (χ2v) is 29.2. The highest BCUT2D eigenvalue weighted by Gasteiger charge is 2.45. The minimum absolute atomic E-state index is 0.0261. The van der Waals surface area contributed by atoms with Gasteiger partial charge in [-0.25, -0.2) is 4.79 Å². The van der Waals surface area contributed by atoms with Gasteiger partial charge in [-0.3, -0.25) is 91.6 Å². The van der Waals surface area contributed by atoms with E-state index in [-0.39, 0.29) is 204 Å². The van der Waals surface area contributed by atoms with Crippen molar-refractivity contribution in [2.45, 2.75) is 146 Å². The smallest absolute Gasteiger partial charge is 0.327 e. The van der Waals surface area contributed by atoms with E-state index < -0.39 is 132 Å². The normalized spacial score (nSPS) is 18.5. The third-order valence-corrected chi connectivity index (χ3v) is 20.8. The summed E-state index contributed by atoms with van der Waals surface area (Å²) >= 11 is 1.38. The molecule has 37 nitrogen and oxygen atoms in total. The number of likely N-dealkylation sites (tertiary alicyclic amines) is 2. The maximum atomic E-state index is 14.9. The van der Waals surface area contributed by atoms with Gasteiger partial charge in [-0.2, -0.15) is 0 Å². The number of ether oxygens (including phenoxy) is 3. The van der Waals surface area contributed by atoms with Gasteiger partial charge >= 0.3 is 23.9 Å². The van der Waals surface area contributed by atoms with Crippen LogP contribution in [0.25, 0.3) is 0 Å². The number of nitrogens with zero attached hydrogens (tertiary/aromatic N) is 7. The van der Waals surface area contributed by atoms with Crippen LogP contribution in [-0.2, 0) is 92.5 Å². The van der Waals surface area contributed by atoms with Crippen LogP contribution in [0.2, 0.25) is 0 Å². The first kappa shape index (κ1) is 92.2. The molecule has 0 aromatic heterocycles. The molecule has 0 unspecified atom stereocenters. The zero-order valence-electron chi connectivity index (χ0n) is 62.9. The van der Waals surface area contributed by atoms with Crippen LogP contribution < -0.4 is 37.6 Å². The molecule has 5 rings (SSSR count). The fraction of sp³-hybridized carbons (Fsp3) is 0.676. The highest BCUT2D eigenvalue weighted by molar-refractivity contribution is 8.08. The number of primary amides is 1. The van der Waals surface area contributed by atoms with Gasteiger partial charge in [0.2, 0.25) is 53.2 Å². The van der Waals surface area contributed by atoms with Crippen molar-refractivity contribution in [3.05, 3.63) is 45.7 Å². The molecular weight excluding hydrogens is 1480 g/mol. The van der Waals surface area contributed by atoms with E-state index in [1.165, 1.54) is 23.8 Å². The van der Waals surface area contributed by atoms with Crippen LogP contribution in [-0.4, -0.2) is 354 Å². The Morgan fingerprint density at radius 3 is 1.56 bits per heavy atom. The number of likely N-dealkylation sites (N-methyl/N-ethyl adjacent to an activating group) is 1. The van der Waals surface area contributed by atoms with Crippen molar-refractivity contribution in [1.82, 2.24) is 66.2 Å². The molecule has 0 saturated carbocycles. The van der Waals surface area contributed by atoms with E-state index in [9.17, 15) is 97.5 Å². The number of thioether (sulfide) groups is 2. The Balaban J connectivity index is 1.22. The molecule has 0 bridgehead atoms. The van der Waals surface area contributed by atoms with Crippen LogP contribution in [0.3, 0.4) is 0 Å². The highest BCUT2D eigenvalue weighted by atomic mass is 32.2. The Hall–Kier alpha value is -8.41. The first-order valence-electron chi connectivity index (χ1n) is 37.2. The predicted octanol–water partition coefficient (Wildman–Crippen LogP) is -2.93. The first-order chi connectivity index (χ1) is 52.6. The largest absolute Gasteiger partial charge is 0.480 e. The summed E-state index contributed by atoms with van der Waals surface area (Å²) in [5.74, 6) is -13.1. The number of aliphatic carboxylic acids is 4. The molecule has 11 amide bonds. The fourth-order valence-electron chi connectivity index (χ4n) is 12.6. The van der Waals surface area contributed by atoms with Crippen molar-refractivity contribution in [2.24, 2.45) is 5.73 Å². The lowest BCUT2D eigenvalue weighted by Gasteiger charge is -2.32. The van der Waals surface area contributed by atoms with E-state index >= 15 is 0 Å². The number of imide groups is 1. The molecule has 39 heteroatoms. The van der Waals surface area contributed by atoms with Crippen LogP contribution >= 0.6 is 23.5 Å². The van der Waals surface area contributed by atoms with Gasteiger partial charge in [0, 0.05) is 130 Å². The van der Waals surface area contributed by atoms with Gasteiger partial charge in [0.15, 0.2) is 0 Å². The molecule has 1 aromatic carbocycles. The van der Waals surface area contributed by atoms with Crippen molar-refractivity contribution in [3.63, 3.8) is 0 Å². The summed E-state index contributed by atoms with van der Waals surface area (Å²) in [7, 11) is 1.47. The molecule has 4 aliphatic rings. The molecule has 614 valence electrons. The summed E-state index contributed by atoms with van der Waals surface area (Å²) < 4.78 is 17.1. The van der Waals surface area contributed by atoms with Crippen LogP contribution in [0, 0.1) is 0 Å². The number of carboxylic acids is 4. The Kier molecular flexibility index (Phi) is 41.7. The Bertz CT molecular complexity index is 3270. The number of carboxylic acid groups (broad SMARTS) is 4. The standard InChI is InChI=1S/C71H110N14O23S2/c1-4-5-7-18-56(88)76-51(67(100)84-23-11-17-54(84)68(101)83-22-10-16-53(83)66(99)73-3)45-109-62-63(110-46-52(71(104)105)78-65(98)50(40-48-14-8-6-9-15-48)77-64(97)49(19-20-55(72)87)75-57(89)39-47(2)86)70(103)85(69(62)102)24-13-34-107-36-38-108-37-35-106-33-12-21-74-58(90)41-79-25-27-80(42-59(91)92)29-31-82(44-61(95)96)32-30-81(28-26-79)43-60(93)94/h6,8-9,14-15,47,49-54,86H,4-5,7,10-13,16-46H2,1-3H3,(H2,72,87)(H,73,99)(H,74,90)(H,75,89)(H,76,88)(H,77,97)(H,78,98)(H,91,92)(H,93,94)(H,95,96)(H,104,105)/t47-,49+,50+,51+,52+,53+,54+/m1/s1. The molecule has 0 spiro atoms. The minimum atomic E-state index is -1.81. The first-order valence-corrected chi connectivity index (χ1v) is 39.2. The summed E-state index contributed by atoms with van der Waals surface area (Å²) in [6, 6.07) is 0.464. The molecule has 13 N–H and O–H groups in total. The van der Waals surface area contributed by atoms with Crippen molar-refractivity contribution in [3.8, 4) is 0 Å². The minimum Gasteiger partial charge on any atom is -0.480 e. The van der Waals surface area contributed by atoms with Crippen LogP contribution in [0.4, 0.5) is 0 Å². The summed E-state index contributed by atoms with van der Waals surface area (Å²) in [5, 5.41) is 64.7. The van der Waals surface area contributed by atoms with E-state index in [2.05, 4.69) is 31.9 Å². The molecule has 7 atom stereocenters. The van der Waals surface area contributed by atoms with E-state index in [1.807, 2.05) is 11.8 Å². The number of carbonyl (C=O) groups excluding carboxylic acids is 11. The van der Waals surface area contributed by atoms with Gasteiger partial charge in [0.25, 0.3) is 11.8 Å². The van der Waals surface area contributed by atoms with Gasteiger partial charge in [0.05, 0.1) is 74.9 Å². The van der Waals surface area contributed by atoms with E-state index in [4.69, 9.17) is 19.9 Å². The number of hydrogen-bond acceptors (Lipinski definition) is 25. The molecule has 4 aliphatic heterocycles. The zero-order valence-corrected chi connectivity index (χ0v) is 64.5. The molecule has 0 aliphatic carbocycles. The molecule has 3 saturated heterocycles. The molecule has 4 heterocycles. The Morgan fingerprint density at radius 1 is 0.555 bits per heavy atom. The number of amides is 11. The molecule has 1 aromatic rings. The number of aliphatic hydroxyl groups excluding tert-OH is 1. The number of nitrogens with two attached hydrogens (primary N) is 1. The second kappa shape index (κ2) is 49.8. The second-order valence-electron chi connectivity index (χ2n) is 27.1. The maximum Gasteiger partial charge on any atom is 0.327 e. The lowest BCUT2D eigenvalue weighted by Crippen LogP contribution is -2.57. The number of aliphatic hydroxyl groups is 1. The van der Waals surface area contributed by atoms with Crippen LogP contribution in [0.15, 0.2) is 40.1 Å². The average Bonchev–Trinajstić information content (AvgIpc) is 1.65. The van der Waals surface area contributed by atoms with E-state index in [0.717, 1.165) is 23.1 Å². The molecule has 0 radical (unpaired) electrons. The topological polar surface area (TPSA) is 506 Å². The van der Waals surface area contributed by atoms with Gasteiger partial charge in [-0.15, -0.1) is 23.5 Å². The average molecular weight is 1590 g/mol. The third kappa shape index (κ3) is 33.3. The van der Waals surface area contributed by atoms with Gasteiger partial charge in [-0.05, 0) is 63.9 Å². The lowest BCUT2D eigenvalue weighted by atomic mass is 10.0. The van der Waals surface area contributed by atoms with Crippen LogP contribution in [0.5, 0.6) is 0 Å². The number of unbranched alkanes of at least 4 members (excludes halogenated alkanes) is 2. The molecular formula is C71H110N14O23S2. The Labute approximate surface area is 647 Å². The number of rotatable bonds is 49. The van der Waals surface area contributed by atoms with E-state index in [1.54, 1.807) is 45.0 Å². The molecule has 110 heavy (non-hydrogen) atoms. The summed E-state index contributed by atoms with van der Waals surface area (Å²) in [6.45, 7) is 5.77. The van der Waals surface area contributed by atoms with Crippen molar-refractivity contribution >= 4 is 112 Å². The quantitative estimate of drug-likeness (QED) is 0.0229. The van der Waals surface area contributed by atoms with Crippen molar-refractivity contribution in [2.75, 3.05) is 163 Å². The number of hydrogen-bond donors (Lipinski definition) is 12. The van der Waals surface area contributed by atoms with Gasteiger partial charge in [0.1, 0.15) is 36.3 Å². The fourth-order valence-corrected chi connectivity index (χ4v) is 15.0. The zero-order chi connectivity index (χ0) is 80.7. The van der Waals surface area contributed by atoms with E-state index in [0.29, 0.717) is 62.4 Å². The van der Waals surface area contributed by atoms with Gasteiger partial charge in [-0.1, -0.05) is 50.1 Å². The van der Waals surface area contributed by atoms with Gasteiger partial charge < -0.3 is 87.2 Å². The van der Waals surface area contributed by atoms with Crippen LogP contribution in [0.1, 0.15) is 103 Å². The predicted molar refractivity (Wildman–Crippen MR) is 400 cm³/mol. The number of nitrogens with one attached hydrogen (secondary N) is 6.